The lowest BCUT2D eigenvalue weighted by atomic mass is 10.1. The van der Waals surface area contributed by atoms with Gasteiger partial charge in [-0.3, -0.25) is 0 Å². The van der Waals surface area contributed by atoms with E-state index in [1.165, 1.54) is 0 Å². The SMILES string of the molecule is CC1CN(C)CCN1c1cc(C(N)=S)c2ccccc2n1. The summed E-state index contributed by atoms with van der Waals surface area (Å²) in [6.45, 7) is 5.28. The fraction of sp³-hybridized carbons (Fsp3) is 0.375. The molecule has 1 atom stereocenters. The molecule has 0 spiro atoms. The Labute approximate surface area is 130 Å². The third kappa shape index (κ3) is 2.71. The minimum Gasteiger partial charge on any atom is -0.389 e. The van der Waals surface area contributed by atoms with E-state index in [1.807, 2.05) is 30.3 Å². The Hall–Kier alpha value is -1.72. The van der Waals surface area contributed by atoms with E-state index in [0.29, 0.717) is 11.0 Å². The van der Waals surface area contributed by atoms with E-state index in [0.717, 1.165) is 41.9 Å². The Morgan fingerprint density at radius 1 is 1.33 bits per heavy atom. The molecule has 2 heterocycles. The van der Waals surface area contributed by atoms with Crippen molar-refractivity contribution in [3.63, 3.8) is 0 Å². The van der Waals surface area contributed by atoms with Crippen molar-refractivity contribution in [3.8, 4) is 0 Å². The van der Waals surface area contributed by atoms with Crippen LogP contribution in [0.3, 0.4) is 0 Å². The highest BCUT2D eigenvalue weighted by Gasteiger charge is 2.23. The van der Waals surface area contributed by atoms with Crippen molar-refractivity contribution in [2.45, 2.75) is 13.0 Å². The molecular formula is C16H20N4S. The summed E-state index contributed by atoms with van der Waals surface area (Å²) >= 11 is 5.22. The lowest BCUT2D eigenvalue weighted by molar-refractivity contribution is 0.275. The molecule has 1 aromatic carbocycles. The number of hydrogen-bond acceptors (Lipinski definition) is 4. The second kappa shape index (κ2) is 5.58. The van der Waals surface area contributed by atoms with Gasteiger partial charge < -0.3 is 15.5 Å². The van der Waals surface area contributed by atoms with Crippen LogP contribution in [-0.4, -0.2) is 47.6 Å². The Balaban J connectivity index is 2.09. The average Bonchev–Trinajstić information content (AvgIpc) is 2.46. The third-order valence-electron chi connectivity index (χ3n) is 4.09. The smallest absolute Gasteiger partial charge is 0.130 e. The lowest BCUT2D eigenvalue weighted by Crippen LogP contribution is -2.50. The number of nitrogens with two attached hydrogens (primary N) is 1. The molecule has 1 saturated heterocycles. The molecule has 1 aliphatic rings. The first kappa shape index (κ1) is 14.2. The van der Waals surface area contributed by atoms with E-state index in [-0.39, 0.29) is 0 Å². The fourth-order valence-electron chi connectivity index (χ4n) is 2.99. The van der Waals surface area contributed by atoms with E-state index in [2.05, 4.69) is 23.8 Å². The molecule has 1 aliphatic heterocycles. The van der Waals surface area contributed by atoms with Gasteiger partial charge in [-0.05, 0) is 26.1 Å². The molecular weight excluding hydrogens is 280 g/mol. The summed E-state index contributed by atoms with van der Waals surface area (Å²) in [7, 11) is 2.15. The molecule has 2 N–H and O–H groups in total. The number of pyridine rings is 1. The molecule has 1 unspecified atom stereocenters. The number of fused-ring (bicyclic) bond motifs is 1. The topological polar surface area (TPSA) is 45.4 Å². The molecule has 0 aliphatic carbocycles. The molecule has 0 radical (unpaired) electrons. The first-order valence-electron chi connectivity index (χ1n) is 7.21. The van der Waals surface area contributed by atoms with Gasteiger partial charge in [0.2, 0.25) is 0 Å². The highest BCUT2D eigenvalue weighted by Crippen LogP contribution is 2.25. The summed E-state index contributed by atoms with van der Waals surface area (Å²) < 4.78 is 0. The van der Waals surface area contributed by atoms with Gasteiger partial charge in [0.05, 0.1) is 5.52 Å². The maximum atomic E-state index is 5.91. The number of para-hydroxylation sites is 1. The van der Waals surface area contributed by atoms with Gasteiger partial charge in [0.25, 0.3) is 0 Å². The molecule has 110 valence electrons. The maximum absolute atomic E-state index is 5.91. The standard InChI is InChI=1S/C16H20N4S/c1-11-10-19(2)7-8-20(11)15-9-13(16(17)21)12-5-3-4-6-14(12)18-15/h3-6,9,11H,7-8,10H2,1-2H3,(H2,17,21). The summed E-state index contributed by atoms with van der Waals surface area (Å²) in [4.78, 5) is 9.92. The van der Waals surface area contributed by atoms with Crippen LogP contribution in [0.15, 0.2) is 30.3 Å². The summed E-state index contributed by atoms with van der Waals surface area (Å²) in [6, 6.07) is 10.5. The first-order chi connectivity index (χ1) is 10.1. The number of rotatable bonds is 2. The third-order valence-corrected chi connectivity index (χ3v) is 4.31. The van der Waals surface area contributed by atoms with Crippen LogP contribution in [0.1, 0.15) is 12.5 Å². The Kier molecular flexibility index (Phi) is 3.78. The first-order valence-corrected chi connectivity index (χ1v) is 7.62. The number of thiocarbonyl (C=S) groups is 1. The van der Waals surface area contributed by atoms with Gasteiger partial charge in [-0.2, -0.15) is 0 Å². The lowest BCUT2D eigenvalue weighted by Gasteiger charge is -2.39. The van der Waals surface area contributed by atoms with Crippen LogP contribution in [0.2, 0.25) is 0 Å². The summed E-state index contributed by atoms with van der Waals surface area (Å²) in [6.07, 6.45) is 0. The number of hydrogen-bond donors (Lipinski definition) is 1. The monoisotopic (exact) mass is 300 g/mol. The molecule has 1 aromatic heterocycles. The van der Waals surface area contributed by atoms with E-state index in [1.54, 1.807) is 0 Å². The van der Waals surface area contributed by atoms with Gasteiger partial charge in [0, 0.05) is 36.6 Å². The van der Waals surface area contributed by atoms with Crippen molar-refractivity contribution in [1.82, 2.24) is 9.88 Å². The van der Waals surface area contributed by atoms with Gasteiger partial charge in [-0.1, -0.05) is 30.4 Å². The van der Waals surface area contributed by atoms with E-state index in [4.69, 9.17) is 22.9 Å². The van der Waals surface area contributed by atoms with Crippen molar-refractivity contribution >= 4 is 33.9 Å². The zero-order chi connectivity index (χ0) is 15.0. The van der Waals surface area contributed by atoms with Crippen LogP contribution in [0.5, 0.6) is 0 Å². The number of anilines is 1. The highest BCUT2D eigenvalue weighted by molar-refractivity contribution is 7.80. The molecule has 0 bridgehead atoms. The summed E-state index contributed by atoms with van der Waals surface area (Å²) in [5, 5.41) is 1.02. The molecule has 3 rings (SSSR count). The van der Waals surface area contributed by atoms with E-state index < -0.39 is 0 Å². The number of piperazine rings is 1. The molecule has 5 heteroatoms. The van der Waals surface area contributed by atoms with Gasteiger partial charge in [0.1, 0.15) is 10.8 Å². The Morgan fingerprint density at radius 3 is 2.81 bits per heavy atom. The van der Waals surface area contributed by atoms with Crippen molar-refractivity contribution in [1.29, 1.82) is 0 Å². The highest BCUT2D eigenvalue weighted by atomic mass is 32.1. The molecule has 21 heavy (non-hydrogen) atoms. The number of aromatic nitrogens is 1. The molecule has 0 amide bonds. The summed E-state index contributed by atoms with van der Waals surface area (Å²) in [5.74, 6) is 0.970. The van der Waals surface area contributed by atoms with Crippen molar-refractivity contribution in [2.24, 2.45) is 5.73 Å². The average molecular weight is 300 g/mol. The quantitative estimate of drug-likeness (QED) is 0.860. The van der Waals surface area contributed by atoms with Gasteiger partial charge in [-0.15, -0.1) is 0 Å². The predicted octanol–water partition coefficient (Wildman–Crippen LogP) is 2.01. The van der Waals surface area contributed by atoms with Gasteiger partial charge in [0.15, 0.2) is 0 Å². The molecule has 4 nitrogen and oxygen atoms in total. The van der Waals surface area contributed by atoms with Gasteiger partial charge >= 0.3 is 0 Å². The maximum Gasteiger partial charge on any atom is 0.130 e. The molecule has 0 saturated carbocycles. The normalized spacial score (nSPS) is 19.9. The molecule has 1 fully saturated rings. The van der Waals surface area contributed by atoms with Crippen LogP contribution in [0.4, 0.5) is 5.82 Å². The van der Waals surface area contributed by atoms with Crippen LogP contribution < -0.4 is 10.6 Å². The van der Waals surface area contributed by atoms with E-state index >= 15 is 0 Å². The molecule has 2 aromatic rings. The number of benzene rings is 1. The zero-order valence-electron chi connectivity index (χ0n) is 12.4. The van der Waals surface area contributed by atoms with Crippen molar-refractivity contribution < 1.29 is 0 Å². The Morgan fingerprint density at radius 2 is 2.10 bits per heavy atom. The summed E-state index contributed by atoms with van der Waals surface area (Å²) in [5.41, 5.74) is 7.77. The second-order valence-corrected chi connectivity index (χ2v) is 6.15. The van der Waals surface area contributed by atoms with Crippen molar-refractivity contribution in [2.75, 3.05) is 31.6 Å². The van der Waals surface area contributed by atoms with Crippen LogP contribution in [0.25, 0.3) is 10.9 Å². The van der Waals surface area contributed by atoms with Crippen LogP contribution in [0, 0.1) is 0 Å². The minimum absolute atomic E-state index is 0.427. The zero-order valence-corrected chi connectivity index (χ0v) is 13.2. The van der Waals surface area contributed by atoms with Crippen molar-refractivity contribution in [3.05, 3.63) is 35.9 Å². The van der Waals surface area contributed by atoms with Crippen LogP contribution in [-0.2, 0) is 0 Å². The largest absolute Gasteiger partial charge is 0.389 e. The Bertz CT molecular complexity index is 685. The van der Waals surface area contributed by atoms with Crippen LogP contribution >= 0.6 is 12.2 Å². The fourth-order valence-corrected chi connectivity index (χ4v) is 3.16. The second-order valence-electron chi connectivity index (χ2n) is 5.71. The number of likely N-dealkylation sites (N-methyl/N-ethyl adjacent to an activating group) is 1. The van der Waals surface area contributed by atoms with Gasteiger partial charge in [-0.25, -0.2) is 4.98 Å². The minimum atomic E-state index is 0.427. The predicted molar refractivity (Wildman–Crippen MR) is 91.9 cm³/mol. The number of nitrogens with zero attached hydrogens (tertiary/aromatic N) is 3. The van der Waals surface area contributed by atoms with E-state index in [9.17, 15) is 0 Å².